The molecule has 1 aromatic heterocycles. The van der Waals surface area contributed by atoms with Crippen molar-refractivity contribution in [3.8, 4) is 0 Å². The predicted molar refractivity (Wildman–Crippen MR) is 60.5 cm³/mol. The quantitative estimate of drug-likeness (QED) is 0.720. The number of nitrogens with zero attached hydrogens (tertiary/aromatic N) is 2. The van der Waals surface area contributed by atoms with Gasteiger partial charge in [0.2, 0.25) is 0 Å². The Bertz CT molecular complexity index is 289. The van der Waals surface area contributed by atoms with Crippen LogP contribution in [-0.4, -0.2) is 14.8 Å². The maximum Gasteiger partial charge on any atom is 0.115 e. The molecule has 0 aromatic carbocycles. The lowest BCUT2D eigenvalue weighted by atomic mass is 9.77. The molecule has 3 heteroatoms. The van der Waals surface area contributed by atoms with Gasteiger partial charge in [0.05, 0.1) is 0 Å². The van der Waals surface area contributed by atoms with Crippen molar-refractivity contribution in [2.24, 2.45) is 5.92 Å². The fraction of sp³-hybridized carbons (Fsp3) is 0.636. The van der Waals surface area contributed by atoms with E-state index in [0.29, 0.717) is 10.7 Å². The summed E-state index contributed by atoms with van der Waals surface area (Å²) < 4.78 is 0. The molecule has 0 N–H and O–H groups in total. The summed E-state index contributed by atoms with van der Waals surface area (Å²) in [6.45, 7) is 2.33. The van der Waals surface area contributed by atoms with E-state index in [1.807, 2.05) is 12.4 Å². The SMILES string of the molecule is CC1CCC(Br)CC1c1cncnc1. The lowest BCUT2D eigenvalue weighted by Gasteiger charge is -2.31. The lowest BCUT2D eigenvalue weighted by molar-refractivity contribution is 0.339. The number of halogens is 1. The van der Waals surface area contributed by atoms with Gasteiger partial charge in [-0.1, -0.05) is 22.9 Å². The van der Waals surface area contributed by atoms with Crippen molar-refractivity contribution in [3.05, 3.63) is 24.3 Å². The molecule has 14 heavy (non-hydrogen) atoms. The van der Waals surface area contributed by atoms with E-state index in [2.05, 4.69) is 32.8 Å². The standard InChI is InChI=1S/C11H15BrN2/c1-8-2-3-10(12)4-11(8)9-5-13-7-14-6-9/h5-8,10-11H,2-4H2,1H3. The molecule has 0 amide bonds. The monoisotopic (exact) mass is 254 g/mol. The Morgan fingerprint density at radius 2 is 2.00 bits per heavy atom. The van der Waals surface area contributed by atoms with Crippen molar-refractivity contribution in [1.82, 2.24) is 9.97 Å². The van der Waals surface area contributed by atoms with Gasteiger partial charge >= 0.3 is 0 Å². The second kappa shape index (κ2) is 4.39. The number of aromatic nitrogens is 2. The Labute approximate surface area is 93.3 Å². The van der Waals surface area contributed by atoms with E-state index in [4.69, 9.17) is 0 Å². The van der Waals surface area contributed by atoms with Crippen molar-refractivity contribution in [1.29, 1.82) is 0 Å². The average molecular weight is 255 g/mol. The minimum absolute atomic E-state index is 0.634. The van der Waals surface area contributed by atoms with Crippen molar-refractivity contribution >= 4 is 15.9 Å². The summed E-state index contributed by atoms with van der Waals surface area (Å²) >= 11 is 3.71. The minimum Gasteiger partial charge on any atom is -0.245 e. The largest absolute Gasteiger partial charge is 0.245 e. The fourth-order valence-corrected chi connectivity index (χ4v) is 2.90. The molecule has 1 aromatic rings. The van der Waals surface area contributed by atoms with Crippen LogP contribution in [0, 0.1) is 5.92 Å². The topological polar surface area (TPSA) is 25.8 Å². The average Bonchev–Trinajstić information content (AvgIpc) is 2.23. The molecule has 3 atom stereocenters. The zero-order chi connectivity index (χ0) is 9.97. The molecule has 1 heterocycles. The van der Waals surface area contributed by atoms with Crippen LogP contribution in [0.5, 0.6) is 0 Å². The lowest BCUT2D eigenvalue weighted by Crippen LogP contribution is -2.21. The van der Waals surface area contributed by atoms with Gasteiger partial charge in [-0.05, 0) is 36.7 Å². The maximum absolute atomic E-state index is 4.09. The Balaban J connectivity index is 2.16. The molecule has 2 nitrogen and oxygen atoms in total. The van der Waals surface area contributed by atoms with Gasteiger partial charge in [-0.3, -0.25) is 0 Å². The summed E-state index contributed by atoms with van der Waals surface area (Å²) in [5.74, 6) is 1.39. The van der Waals surface area contributed by atoms with Gasteiger partial charge in [0.15, 0.2) is 0 Å². The molecular formula is C11H15BrN2. The first-order valence-electron chi connectivity index (χ1n) is 5.16. The van der Waals surface area contributed by atoms with Crippen molar-refractivity contribution in [3.63, 3.8) is 0 Å². The first kappa shape index (κ1) is 10.1. The molecule has 1 fully saturated rings. The van der Waals surface area contributed by atoms with Gasteiger partial charge in [0.25, 0.3) is 0 Å². The third-order valence-corrected chi connectivity index (χ3v) is 3.97. The van der Waals surface area contributed by atoms with E-state index in [-0.39, 0.29) is 0 Å². The first-order valence-corrected chi connectivity index (χ1v) is 6.08. The Kier molecular flexibility index (Phi) is 3.16. The molecule has 2 rings (SSSR count). The van der Waals surface area contributed by atoms with E-state index in [1.54, 1.807) is 6.33 Å². The molecule has 0 radical (unpaired) electrons. The molecule has 0 saturated heterocycles. The number of hydrogen-bond acceptors (Lipinski definition) is 2. The van der Waals surface area contributed by atoms with Crippen LogP contribution in [0.15, 0.2) is 18.7 Å². The summed E-state index contributed by atoms with van der Waals surface area (Å²) in [6.07, 6.45) is 9.33. The summed E-state index contributed by atoms with van der Waals surface area (Å²) in [4.78, 5) is 8.86. The first-order chi connectivity index (χ1) is 6.77. The van der Waals surface area contributed by atoms with Gasteiger partial charge in [0.1, 0.15) is 6.33 Å². The van der Waals surface area contributed by atoms with Gasteiger partial charge < -0.3 is 0 Å². The Hall–Kier alpha value is -0.440. The van der Waals surface area contributed by atoms with E-state index < -0.39 is 0 Å². The molecule has 0 aliphatic heterocycles. The smallest absolute Gasteiger partial charge is 0.115 e. The molecular weight excluding hydrogens is 240 g/mol. The molecule has 76 valence electrons. The highest BCUT2D eigenvalue weighted by molar-refractivity contribution is 9.09. The zero-order valence-corrected chi connectivity index (χ0v) is 9.94. The van der Waals surface area contributed by atoms with E-state index in [1.165, 1.54) is 24.8 Å². The Morgan fingerprint density at radius 1 is 1.29 bits per heavy atom. The molecule has 0 spiro atoms. The van der Waals surface area contributed by atoms with Crippen molar-refractivity contribution in [2.75, 3.05) is 0 Å². The zero-order valence-electron chi connectivity index (χ0n) is 8.36. The summed E-state index contributed by atoms with van der Waals surface area (Å²) in [7, 11) is 0. The number of rotatable bonds is 1. The highest BCUT2D eigenvalue weighted by Gasteiger charge is 2.27. The van der Waals surface area contributed by atoms with E-state index >= 15 is 0 Å². The minimum atomic E-state index is 0.634. The van der Waals surface area contributed by atoms with Crippen molar-refractivity contribution < 1.29 is 0 Å². The van der Waals surface area contributed by atoms with Gasteiger partial charge in [0, 0.05) is 17.2 Å². The third kappa shape index (κ3) is 2.14. The second-order valence-corrected chi connectivity index (χ2v) is 5.46. The molecule has 3 unspecified atom stereocenters. The van der Waals surface area contributed by atoms with Crippen LogP contribution in [0.3, 0.4) is 0 Å². The molecule has 1 aliphatic rings. The van der Waals surface area contributed by atoms with Crippen LogP contribution >= 0.6 is 15.9 Å². The molecule has 1 saturated carbocycles. The highest BCUT2D eigenvalue weighted by atomic mass is 79.9. The molecule has 0 bridgehead atoms. The van der Waals surface area contributed by atoms with E-state index in [9.17, 15) is 0 Å². The Morgan fingerprint density at radius 3 is 2.71 bits per heavy atom. The summed E-state index contributed by atoms with van der Waals surface area (Å²) in [5, 5.41) is 0. The van der Waals surface area contributed by atoms with Crippen LogP contribution in [0.25, 0.3) is 0 Å². The van der Waals surface area contributed by atoms with Crippen LogP contribution in [-0.2, 0) is 0 Å². The van der Waals surface area contributed by atoms with Gasteiger partial charge in [-0.15, -0.1) is 0 Å². The number of alkyl halides is 1. The van der Waals surface area contributed by atoms with Crippen LogP contribution in [0.2, 0.25) is 0 Å². The normalized spacial score (nSPS) is 32.9. The van der Waals surface area contributed by atoms with Gasteiger partial charge in [-0.25, -0.2) is 9.97 Å². The molecule has 1 aliphatic carbocycles. The maximum atomic E-state index is 4.09. The van der Waals surface area contributed by atoms with E-state index in [0.717, 1.165) is 5.92 Å². The fourth-order valence-electron chi connectivity index (χ4n) is 2.24. The summed E-state index contributed by atoms with van der Waals surface area (Å²) in [6, 6.07) is 0. The predicted octanol–water partition coefficient (Wildman–Crippen LogP) is 3.14. The summed E-state index contributed by atoms with van der Waals surface area (Å²) in [5.41, 5.74) is 1.30. The van der Waals surface area contributed by atoms with Gasteiger partial charge in [-0.2, -0.15) is 0 Å². The van der Waals surface area contributed by atoms with Crippen LogP contribution in [0.1, 0.15) is 37.7 Å². The second-order valence-electron chi connectivity index (χ2n) is 4.17. The van der Waals surface area contributed by atoms with Crippen LogP contribution in [0.4, 0.5) is 0 Å². The highest BCUT2D eigenvalue weighted by Crippen LogP contribution is 2.39. The van der Waals surface area contributed by atoms with Crippen molar-refractivity contribution in [2.45, 2.75) is 36.9 Å². The third-order valence-electron chi connectivity index (χ3n) is 3.14. The number of hydrogen-bond donors (Lipinski definition) is 0. The van der Waals surface area contributed by atoms with Crippen LogP contribution < -0.4 is 0 Å².